The van der Waals surface area contributed by atoms with Crippen LogP contribution in [0.4, 0.5) is 0 Å². The van der Waals surface area contributed by atoms with Crippen molar-refractivity contribution in [1.29, 1.82) is 0 Å². The van der Waals surface area contributed by atoms with E-state index in [0.29, 0.717) is 12.8 Å². The van der Waals surface area contributed by atoms with Crippen LogP contribution >= 0.6 is 0 Å². The summed E-state index contributed by atoms with van der Waals surface area (Å²) in [4.78, 5) is 36.4. The molecule has 0 saturated carbocycles. The van der Waals surface area contributed by atoms with Gasteiger partial charge in [0, 0.05) is 19.3 Å². The van der Waals surface area contributed by atoms with E-state index in [1.807, 2.05) is 0 Å². The number of carboxylic acid groups (broad SMARTS) is 1. The lowest BCUT2D eigenvalue weighted by Gasteiger charge is -2.34. The summed E-state index contributed by atoms with van der Waals surface area (Å²) < 4.78 is 16.9. The number of quaternary nitrogens is 1. The second-order valence-corrected chi connectivity index (χ2v) is 12.4. The molecule has 8 nitrogen and oxygen atoms in total. The van der Waals surface area contributed by atoms with E-state index < -0.39 is 18.1 Å². The van der Waals surface area contributed by atoms with E-state index in [2.05, 4.69) is 38.2 Å². The van der Waals surface area contributed by atoms with Gasteiger partial charge in [0.25, 0.3) is 0 Å². The molecule has 0 fully saturated rings. The summed E-state index contributed by atoms with van der Waals surface area (Å²) in [5, 5.41) is 11.5. The van der Waals surface area contributed by atoms with Crippen LogP contribution < -0.4 is 5.11 Å². The molecule has 0 N–H and O–H groups in total. The zero-order valence-electron chi connectivity index (χ0n) is 28.1. The van der Waals surface area contributed by atoms with Gasteiger partial charge in [0.1, 0.15) is 12.6 Å². The summed E-state index contributed by atoms with van der Waals surface area (Å²) in [6.07, 6.45) is 25.0. The van der Waals surface area contributed by atoms with Crippen LogP contribution in [0.3, 0.4) is 0 Å². The van der Waals surface area contributed by atoms with E-state index in [1.54, 1.807) is 21.1 Å². The van der Waals surface area contributed by atoms with Crippen molar-refractivity contribution >= 4 is 17.9 Å². The number of carbonyl (C=O) groups is 3. The number of carbonyl (C=O) groups excluding carboxylic acids is 3. The predicted molar refractivity (Wildman–Crippen MR) is 171 cm³/mol. The molecule has 250 valence electrons. The van der Waals surface area contributed by atoms with Gasteiger partial charge >= 0.3 is 11.9 Å². The molecule has 43 heavy (non-hydrogen) atoms. The summed E-state index contributed by atoms with van der Waals surface area (Å²) in [5.41, 5.74) is 0. The van der Waals surface area contributed by atoms with E-state index in [1.165, 1.54) is 44.9 Å². The number of esters is 2. The smallest absolute Gasteiger partial charge is 0.306 e. The fourth-order valence-electron chi connectivity index (χ4n) is 4.69. The quantitative estimate of drug-likeness (QED) is 0.0415. The molecule has 0 bridgehead atoms. The minimum Gasteiger partial charge on any atom is -0.544 e. The number of ether oxygens (including phenoxy) is 3. The van der Waals surface area contributed by atoms with Crippen LogP contribution in [-0.4, -0.2) is 75.5 Å². The maximum absolute atomic E-state index is 12.5. The number of likely N-dealkylation sites (N-methyl/N-ethyl adjacent to an activating group) is 1. The molecule has 0 rings (SSSR count). The SMILES string of the molecule is CC/C=C/C/C=C/CCCCC(=O)OC(COCCC(C(=O)[O-])[N+](C)(C)C)COC(=O)CCCCCCCCCCCC. The fraction of sp³-hybridized carbons (Fsp3) is 0.800. The molecule has 0 radical (unpaired) electrons. The number of hydrogen-bond acceptors (Lipinski definition) is 7. The van der Waals surface area contributed by atoms with Gasteiger partial charge in [-0.1, -0.05) is 95.9 Å². The van der Waals surface area contributed by atoms with Crippen molar-refractivity contribution in [3.8, 4) is 0 Å². The van der Waals surface area contributed by atoms with Crippen LogP contribution in [0.1, 0.15) is 129 Å². The number of carboxylic acids is 1. The Morgan fingerprint density at radius 3 is 1.91 bits per heavy atom. The second kappa shape index (κ2) is 27.4. The summed E-state index contributed by atoms with van der Waals surface area (Å²) >= 11 is 0. The van der Waals surface area contributed by atoms with Crippen molar-refractivity contribution in [2.24, 2.45) is 0 Å². The fourth-order valence-corrected chi connectivity index (χ4v) is 4.69. The molecule has 8 heteroatoms. The van der Waals surface area contributed by atoms with Gasteiger partial charge in [-0.2, -0.15) is 0 Å². The first-order valence-electron chi connectivity index (χ1n) is 16.9. The Morgan fingerprint density at radius 2 is 1.30 bits per heavy atom. The Morgan fingerprint density at radius 1 is 0.721 bits per heavy atom. The third-order valence-corrected chi connectivity index (χ3v) is 7.35. The Bertz CT molecular complexity index is 773. The lowest BCUT2D eigenvalue weighted by molar-refractivity contribution is -0.889. The summed E-state index contributed by atoms with van der Waals surface area (Å²) in [6, 6.07) is -0.725. The van der Waals surface area contributed by atoms with Gasteiger partial charge in [-0.3, -0.25) is 9.59 Å². The first-order valence-corrected chi connectivity index (χ1v) is 16.9. The highest BCUT2D eigenvalue weighted by atomic mass is 16.6. The van der Waals surface area contributed by atoms with Crippen LogP contribution in [0.2, 0.25) is 0 Å². The molecule has 0 heterocycles. The van der Waals surface area contributed by atoms with Crippen molar-refractivity contribution in [2.75, 3.05) is 41.0 Å². The molecule has 0 amide bonds. The predicted octanol–water partition coefficient (Wildman–Crippen LogP) is 6.46. The Kier molecular flexibility index (Phi) is 26.0. The average Bonchev–Trinajstić information content (AvgIpc) is 2.94. The molecule has 0 aromatic rings. The van der Waals surface area contributed by atoms with E-state index in [4.69, 9.17) is 14.2 Å². The number of unbranched alkanes of at least 4 members (excludes halogenated alkanes) is 11. The molecule has 2 atom stereocenters. The Labute approximate surface area is 262 Å². The van der Waals surface area contributed by atoms with Gasteiger partial charge in [-0.25, -0.2) is 0 Å². The van der Waals surface area contributed by atoms with Gasteiger partial charge < -0.3 is 28.6 Å². The van der Waals surface area contributed by atoms with Crippen molar-refractivity contribution < 1.29 is 38.2 Å². The third-order valence-electron chi connectivity index (χ3n) is 7.35. The minimum absolute atomic E-state index is 0.0300. The largest absolute Gasteiger partial charge is 0.544 e. The molecular formula is C35H63NO7. The first kappa shape index (κ1) is 40.8. The zero-order valence-corrected chi connectivity index (χ0v) is 28.1. The number of aliphatic carboxylic acids is 1. The molecule has 0 aromatic carbocycles. The molecule has 0 aliphatic rings. The van der Waals surface area contributed by atoms with Crippen LogP contribution in [0.5, 0.6) is 0 Å². The summed E-state index contributed by atoms with van der Waals surface area (Å²) in [7, 11) is 5.37. The van der Waals surface area contributed by atoms with Crippen LogP contribution in [0, 0.1) is 0 Å². The van der Waals surface area contributed by atoms with E-state index >= 15 is 0 Å². The highest BCUT2D eigenvalue weighted by Crippen LogP contribution is 2.13. The standard InChI is InChI=1S/C35H63NO7/c1-6-8-10-12-14-16-18-19-21-23-25-33(37)42-30-31(29-41-28-27-32(35(39)40)36(3,4)5)43-34(38)26-24-22-20-17-15-13-11-9-7-2/h9,11,15,17,31-32H,6-8,10,12-14,16,18-30H2,1-5H3/b11-9+,17-15+. The van der Waals surface area contributed by atoms with Crippen molar-refractivity contribution in [3.05, 3.63) is 24.3 Å². The number of nitrogens with zero attached hydrogens (tertiary/aromatic N) is 1. The number of allylic oxidation sites excluding steroid dienone is 4. The Balaban J connectivity index is 4.52. The number of hydrogen-bond donors (Lipinski definition) is 0. The third kappa shape index (κ3) is 26.0. The average molecular weight is 610 g/mol. The molecule has 0 spiro atoms. The van der Waals surface area contributed by atoms with Crippen LogP contribution in [0.15, 0.2) is 24.3 Å². The van der Waals surface area contributed by atoms with Gasteiger partial charge in [-0.15, -0.1) is 0 Å². The van der Waals surface area contributed by atoms with Gasteiger partial charge in [0.15, 0.2) is 6.10 Å². The van der Waals surface area contributed by atoms with E-state index in [0.717, 1.165) is 44.9 Å². The number of rotatable bonds is 29. The van der Waals surface area contributed by atoms with Crippen molar-refractivity contribution in [2.45, 2.75) is 142 Å². The van der Waals surface area contributed by atoms with Crippen molar-refractivity contribution in [3.63, 3.8) is 0 Å². The normalized spacial score (nSPS) is 13.4. The summed E-state index contributed by atoms with van der Waals surface area (Å²) in [6.45, 7) is 4.46. The maximum atomic E-state index is 12.5. The van der Waals surface area contributed by atoms with Crippen LogP contribution in [0.25, 0.3) is 0 Å². The van der Waals surface area contributed by atoms with Gasteiger partial charge in [-0.05, 0) is 38.5 Å². The monoisotopic (exact) mass is 609 g/mol. The molecule has 0 saturated heterocycles. The molecule has 2 unspecified atom stereocenters. The van der Waals surface area contributed by atoms with E-state index in [9.17, 15) is 19.5 Å². The molecule has 0 aliphatic heterocycles. The molecule has 0 aliphatic carbocycles. The lowest BCUT2D eigenvalue weighted by Crippen LogP contribution is -2.55. The topological polar surface area (TPSA) is 102 Å². The van der Waals surface area contributed by atoms with Gasteiger partial charge in [0.05, 0.1) is 40.3 Å². The van der Waals surface area contributed by atoms with E-state index in [-0.39, 0.29) is 49.1 Å². The highest BCUT2D eigenvalue weighted by Gasteiger charge is 2.25. The lowest BCUT2D eigenvalue weighted by atomic mass is 10.1. The van der Waals surface area contributed by atoms with Crippen molar-refractivity contribution in [1.82, 2.24) is 0 Å². The summed E-state index contributed by atoms with van der Waals surface area (Å²) in [5.74, 6) is -1.79. The maximum Gasteiger partial charge on any atom is 0.306 e. The Hall–Kier alpha value is -2.19. The highest BCUT2D eigenvalue weighted by molar-refractivity contribution is 5.70. The van der Waals surface area contributed by atoms with Crippen LogP contribution in [-0.2, 0) is 28.6 Å². The van der Waals surface area contributed by atoms with Gasteiger partial charge in [0.2, 0.25) is 0 Å². The first-order chi connectivity index (χ1) is 20.6. The zero-order chi connectivity index (χ0) is 32.2. The molecule has 0 aromatic heterocycles. The minimum atomic E-state index is -1.13. The second-order valence-electron chi connectivity index (χ2n) is 12.4. The molecular weight excluding hydrogens is 546 g/mol.